The minimum atomic E-state index is -4.33. The summed E-state index contributed by atoms with van der Waals surface area (Å²) in [5.41, 5.74) is -0.516. The zero-order valence-corrected chi connectivity index (χ0v) is 28.7. The van der Waals surface area contributed by atoms with Gasteiger partial charge in [0, 0.05) is 30.9 Å². The third-order valence-corrected chi connectivity index (χ3v) is 11.1. The highest BCUT2D eigenvalue weighted by atomic mass is 35.5. The molecule has 15 heteroatoms. The van der Waals surface area contributed by atoms with Crippen molar-refractivity contribution >= 4 is 39.4 Å². The molecular weight excluding hydrogens is 658 g/mol. The second kappa shape index (κ2) is 13.9. The molecule has 2 saturated carbocycles. The second-order valence-corrected chi connectivity index (χ2v) is 15.7. The number of anilines is 1. The number of carbonyl (C=O) groups excluding carboxylic acids is 1. The van der Waals surface area contributed by atoms with Crippen molar-refractivity contribution in [2.45, 2.75) is 75.8 Å². The summed E-state index contributed by atoms with van der Waals surface area (Å²) in [7, 11) is -4.33. The monoisotopic (exact) mass is 699 g/mol. The smallest absolute Gasteiger partial charge is 0.407 e. The summed E-state index contributed by atoms with van der Waals surface area (Å²) in [6, 6.07) is 9.11. The number of sulfonamides is 1. The number of carboxylic acid groups (broad SMARTS) is 1. The third-order valence-electron chi connectivity index (χ3n) is 9.55. The van der Waals surface area contributed by atoms with Gasteiger partial charge in [-0.1, -0.05) is 17.7 Å². The molecule has 3 N–H and O–H groups in total. The summed E-state index contributed by atoms with van der Waals surface area (Å²) >= 11 is 6.33. The van der Waals surface area contributed by atoms with Gasteiger partial charge in [-0.05, 0) is 113 Å². The third kappa shape index (κ3) is 8.20. The van der Waals surface area contributed by atoms with E-state index in [-0.39, 0.29) is 21.7 Å². The Morgan fingerprint density at radius 3 is 2.52 bits per heavy atom. The number of nitrogens with one attached hydrogen (secondary N) is 2. The molecule has 3 aromatic rings. The van der Waals surface area contributed by atoms with Gasteiger partial charge in [-0.3, -0.25) is 4.79 Å². The lowest BCUT2D eigenvalue weighted by Gasteiger charge is -2.28. The van der Waals surface area contributed by atoms with Crippen LogP contribution < -0.4 is 14.8 Å². The molecule has 6 rings (SSSR count). The molecule has 1 aliphatic heterocycles. The normalized spacial score (nSPS) is 19.0. The fourth-order valence-corrected chi connectivity index (χ4v) is 8.02. The van der Waals surface area contributed by atoms with Crippen LogP contribution in [0.2, 0.25) is 5.15 Å². The van der Waals surface area contributed by atoms with Crippen LogP contribution in [0.25, 0.3) is 5.82 Å². The number of likely N-dealkylation sites (tertiary alicyclic amines) is 1. The molecule has 13 nitrogen and oxygen atoms in total. The predicted octanol–water partition coefficient (Wildman–Crippen LogP) is 5.61. The summed E-state index contributed by atoms with van der Waals surface area (Å²) in [5, 5.41) is 16.5. The number of amides is 2. The maximum atomic E-state index is 13.1. The van der Waals surface area contributed by atoms with Gasteiger partial charge in [0.1, 0.15) is 11.0 Å². The molecular formula is C33H42ClN7O6S. The Kier molecular flexibility index (Phi) is 9.84. The summed E-state index contributed by atoms with van der Waals surface area (Å²) in [6.07, 6.45) is 9.51. The van der Waals surface area contributed by atoms with Crippen LogP contribution in [0, 0.1) is 23.7 Å². The zero-order valence-electron chi connectivity index (χ0n) is 27.1. The van der Waals surface area contributed by atoms with E-state index in [9.17, 15) is 23.1 Å². The molecule has 3 aliphatic rings. The Balaban J connectivity index is 0.995. The van der Waals surface area contributed by atoms with Crippen molar-refractivity contribution < 1.29 is 27.9 Å². The molecule has 3 fully saturated rings. The van der Waals surface area contributed by atoms with Gasteiger partial charge >= 0.3 is 6.09 Å². The standard InChI is InChI=1S/C33H42ClN7O6S/c1-33(2)19-21(20-40(33)32(43)44)5-4-16-35-26-6-3-7-29(36-26)48(45,46)39-31(42)25-12-13-27(37-30(25)34)41-17-14-28(38-41)47-18-15-24(22-8-9-22)23-10-11-23/h3,6-7,12-14,17,21-24H,4-5,8-11,15-16,18-20H2,1-2H3,(H,35,36)(H,39,42)(H,43,44). The summed E-state index contributed by atoms with van der Waals surface area (Å²) < 4.78 is 35.5. The number of carbonyl (C=O) groups is 2. The molecule has 2 amide bonds. The number of hydrogen-bond acceptors (Lipinski definition) is 9. The first-order chi connectivity index (χ1) is 22.9. The quantitative estimate of drug-likeness (QED) is 0.134. The summed E-state index contributed by atoms with van der Waals surface area (Å²) in [6.45, 7) is 5.49. The predicted molar refractivity (Wildman–Crippen MR) is 179 cm³/mol. The van der Waals surface area contributed by atoms with Crippen molar-refractivity contribution in [2.24, 2.45) is 23.7 Å². The van der Waals surface area contributed by atoms with Crippen molar-refractivity contribution in [2.75, 3.05) is 25.0 Å². The van der Waals surface area contributed by atoms with E-state index in [2.05, 4.69) is 20.4 Å². The summed E-state index contributed by atoms with van der Waals surface area (Å²) in [4.78, 5) is 34.4. The Morgan fingerprint density at radius 2 is 1.85 bits per heavy atom. The molecule has 0 aromatic carbocycles. The highest BCUT2D eigenvalue weighted by Crippen LogP contribution is 2.50. The number of halogens is 1. The Hall–Kier alpha value is -3.91. The zero-order chi connectivity index (χ0) is 34.1. The van der Waals surface area contributed by atoms with Crippen molar-refractivity contribution in [1.82, 2.24) is 29.4 Å². The maximum absolute atomic E-state index is 13.1. The minimum absolute atomic E-state index is 0.121. The lowest BCUT2D eigenvalue weighted by molar-refractivity contribution is 0.0980. The van der Waals surface area contributed by atoms with E-state index in [1.54, 1.807) is 18.3 Å². The average molecular weight is 700 g/mol. The van der Waals surface area contributed by atoms with Crippen LogP contribution in [-0.2, 0) is 10.0 Å². The lowest BCUT2D eigenvalue weighted by Crippen LogP contribution is -2.41. The molecule has 0 spiro atoms. The summed E-state index contributed by atoms with van der Waals surface area (Å²) in [5.74, 6) is 2.94. The van der Waals surface area contributed by atoms with Crippen molar-refractivity contribution in [1.29, 1.82) is 0 Å². The molecule has 3 aromatic heterocycles. The first-order valence-corrected chi connectivity index (χ1v) is 18.4. The lowest BCUT2D eigenvalue weighted by atomic mass is 9.93. The number of nitrogens with zero attached hydrogens (tertiary/aromatic N) is 5. The van der Waals surface area contributed by atoms with E-state index in [1.807, 2.05) is 18.6 Å². The number of aromatic nitrogens is 4. The van der Waals surface area contributed by atoms with Gasteiger partial charge in [0.2, 0.25) is 5.88 Å². The second-order valence-electron chi connectivity index (χ2n) is 13.7. The van der Waals surface area contributed by atoms with Gasteiger partial charge in [-0.15, -0.1) is 5.10 Å². The van der Waals surface area contributed by atoms with Crippen LogP contribution in [-0.4, -0.2) is 75.4 Å². The highest BCUT2D eigenvalue weighted by Gasteiger charge is 2.41. The minimum Gasteiger partial charge on any atom is -0.477 e. The van der Waals surface area contributed by atoms with E-state index >= 15 is 0 Å². The molecule has 0 bridgehead atoms. The Morgan fingerprint density at radius 1 is 1.10 bits per heavy atom. The van der Waals surface area contributed by atoms with Crippen LogP contribution in [0.1, 0.15) is 75.6 Å². The Labute approximate surface area is 285 Å². The molecule has 1 unspecified atom stereocenters. The highest BCUT2D eigenvalue weighted by molar-refractivity contribution is 7.90. The molecule has 48 heavy (non-hydrogen) atoms. The first-order valence-electron chi connectivity index (χ1n) is 16.5. The first kappa shape index (κ1) is 34.0. The fourth-order valence-electron chi connectivity index (χ4n) is 6.85. The van der Waals surface area contributed by atoms with Gasteiger partial charge < -0.3 is 20.1 Å². The topological polar surface area (TPSA) is 169 Å². The number of hydrogen-bond donors (Lipinski definition) is 3. The van der Waals surface area contributed by atoms with Gasteiger partial charge in [-0.2, -0.15) is 8.42 Å². The number of pyridine rings is 2. The van der Waals surface area contributed by atoms with Crippen molar-refractivity contribution in [3.63, 3.8) is 0 Å². The molecule has 258 valence electrons. The van der Waals surface area contributed by atoms with E-state index in [0.29, 0.717) is 37.2 Å². The number of rotatable bonds is 15. The van der Waals surface area contributed by atoms with Crippen molar-refractivity contribution in [3.05, 3.63) is 53.3 Å². The Bertz CT molecular complexity index is 1750. The van der Waals surface area contributed by atoms with Crippen LogP contribution in [0.4, 0.5) is 10.6 Å². The van der Waals surface area contributed by atoms with Crippen LogP contribution in [0.3, 0.4) is 0 Å². The average Bonchev–Trinajstić information content (AvgIpc) is 3.97. The maximum Gasteiger partial charge on any atom is 0.407 e. The van der Waals surface area contributed by atoms with E-state index in [1.165, 1.54) is 59.5 Å². The van der Waals surface area contributed by atoms with Gasteiger partial charge in [-0.25, -0.2) is 24.2 Å². The van der Waals surface area contributed by atoms with Crippen LogP contribution >= 0.6 is 11.6 Å². The van der Waals surface area contributed by atoms with Gasteiger partial charge in [0.05, 0.1) is 12.2 Å². The SMILES string of the molecule is CC1(C)CC(CCCNc2cccc(S(=O)(=O)NC(=O)c3ccc(-n4ccc(OCCC(C5CC5)C5CC5)n4)nc3Cl)n2)CN1C(=O)O. The van der Waals surface area contributed by atoms with E-state index < -0.39 is 27.6 Å². The molecule has 1 atom stereocenters. The van der Waals surface area contributed by atoms with Crippen LogP contribution in [0.5, 0.6) is 5.88 Å². The molecule has 4 heterocycles. The van der Waals surface area contributed by atoms with Crippen LogP contribution in [0.15, 0.2) is 47.6 Å². The van der Waals surface area contributed by atoms with Crippen molar-refractivity contribution in [3.8, 4) is 11.7 Å². The fraction of sp³-hybridized carbons (Fsp3) is 0.545. The van der Waals surface area contributed by atoms with E-state index in [4.69, 9.17) is 16.3 Å². The van der Waals surface area contributed by atoms with E-state index in [0.717, 1.165) is 43.4 Å². The molecule has 1 saturated heterocycles. The largest absolute Gasteiger partial charge is 0.477 e. The molecule has 0 radical (unpaired) electrons. The van der Waals surface area contributed by atoms with Gasteiger partial charge in [0.15, 0.2) is 10.8 Å². The molecule has 2 aliphatic carbocycles. The van der Waals surface area contributed by atoms with Gasteiger partial charge in [0.25, 0.3) is 15.9 Å². The number of ether oxygens (including phenoxy) is 1.